The van der Waals surface area contributed by atoms with Crippen LogP contribution in [-0.4, -0.2) is 37.4 Å². The fourth-order valence-electron chi connectivity index (χ4n) is 2.47. The van der Waals surface area contributed by atoms with Gasteiger partial charge in [-0.15, -0.1) is 0 Å². The summed E-state index contributed by atoms with van der Waals surface area (Å²) in [6.07, 6.45) is 4.31. The SMILES string of the molecule is CC(C)(C)OC(=O)NCCCNC1CCCC1CN. The average molecular weight is 271 g/mol. The fourth-order valence-corrected chi connectivity index (χ4v) is 2.47. The third kappa shape index (κ3) is 6.78. The van der Waals surface area contributed by atoms with Crippen LogP contribution in [0.4, 0.5) is 4.79 Å². The number of nitrogens with two attached hydrogens (primary N) is 1. The van der Waals surface area contributed by atoms with Crippen LogP contribution >= 0.6 is 0 Å². The topological polar surface area (TPSA) is 76.4 Å². The smallest absolute Gasteiger partial charge is 0.407 e. The van der Waals surface area contributed by atoms with Gasteiger partial charge >= 0.3 is 6.09 Å². The van der Waals surface area contributed by atoms with E-state index in [0.29, 0.717) is 18.5 Å². The first kappa shape index (κ1) is 16.2. The molecule has 5 heteroatoms. The molecule has 19 heavy (non-hydrogen) atoms. The van der Waals surface area contributed by atoms with Crippen molar-refractivity contribution in [1.29, 1.82) is 0 Å². The average Bonchev–Trinajstić information content (AvgIpc) is 2.73. The minimum atomic E-state index is -0.430. The van der Waals surface area contributed by atoms with Crippen molar-refractivity contribution in [2.75, 3.05) is 19.6 Å². The van der Waals surface area contributed by atoms with Crippen LogP contribution in [0.3, 0.4) is 0 Å². The molecule has 0 bridgehead atoms. The van der Waals surface area contributed by atoms with E-state index in [9.17, 15) is 4.79 Å². The van der Waals surface area contributed by atoms with Gasteiger partial charge in [0.1, 0.15) is 5.60 Å². The van der Waals surface area contributed by atoms with Gasteiger partial charge in [-0.2, -0.15) is 0 Å². The van der Waals surface area contributed by atoms with Crippen LogP contribution in [0.25, 0.3) is 0 Å². The third-order valence-corrected chi connectivity index (χ3v) is 3.39. The first-order valence-electron chi connectivity index (χ1n) is 7.32. The summed E-state index contributed by atoms with van der Waals surface area (Å²) in [5, 5.41) is 6.30. The molecule has 1 rings (SSSR count). The molecule has 2 atom stereocenters. The largest absolute Gasteiger partial charge is 0.444 e. The van der Waals surface area contributed by atoms with Gasteiger partial charge in [-0.3, -0.25) is 0 Å². The zero-order valence-corrected chi connectivity index (χ0v) is 12.5. The van der Waals surface area contributed by atoms with Crippen LogP contribution in [0.5, 0.6) is 0 Å². The minimum absolute atomic E-state index is 0.340. The first-order valence-corrected chi connectivity index (χ1v) is 7.32. The molecule has 0 saturated heterocycles. The molecule has 1 fully saturated rings. The Morgan fingerprint density at radius 2 is 2.05 bits per heavy atom. The van der Waals surface area contributed by atoms with Gasteiger partial charge in [0.25, 0.3) is 0 Å². The molecule has 0 radical (unpaired) electrons. The third-order valence-electron chi connectivity index (χ3n) is 3.39. The summed E-state index contributed by atoms with van der Waals surface area (Å²) in [6, 6.07) is 0.562. The number of rotatable bonds is 6. The number of nitrogens with one attached hydrogen (secondary N) is 2. The lowest BCUT2D eigenvalue weighted by molar-refractivity contribution is 0.0527. The van der Waals surface area contributed by atoms with Crippen LogP contribution < -0.4 is 16.4 Å². The highest BCUT2D eigenvalue weighted by atomic mass is 16.6. The highest BCUT2D eigenvalue weighted by Gasteiger charge is 2.25. The highest BCUT2D eigenvalue weighted by Crippen LogP contribution is 2.24. The summed E-state index contributed by atoms with van der Waals surface area (Å²) in [7, 11) is 0. The lowest BCUT2D eigenvalue weighted by atomic mass is 10.0. The number of hydrogen-bond donors (Lipinski definition) is 3. The van der Waals surface area contributed by atoms with E-state index >= 15 is 0 Å². The van der Waals surface area contributed by atoms with Gasteiger partial charge < -0.3 is 21.1 Å². The normalized spacial score (nSPS) is 23.4. The Labute approximate surface area is 116 Å². The summed E-state index contributed by atoms with van der Waals surface area (Å²) in [5.41, 5.74) is 5.31. The lowest BCUT2D eigenvalue weighted by Gasteiger charge is -2.21. The Bertz CT molecular complexity index is 276. The van der Waals surface area contributed by atoms with Crippen molar-refractivity contribution in [2.24, 2.45) is 11.7 Å². The number of carbonyl (C=O) groups excluding carboxylic acids is 1. The van der Waals surface area contributed by atoms with E-state index in [1.807, 2.05) is 20.8 Å². The van der Waals surface area contributed by atoms with Crippen LogP contribution in [0.15, 0.2) is 0 Å². The molecule has 1 saturated carbocycles. The molecular weight excluding hydrogens is 242 g/mol. The molecule has 4 N–H and O–H groups in total. The zero-order chi connectivity index (χ0) is 14.3. The quantitative estimate of drug-likeness (QED) is 0.642. The molecule has 0 aromatic rings. The van der Waals surface area contributed by atoms with Crippen molar-refractivity contribution in [2.45, 2.75) is 58.1 Å². The minimum Gasteiger partial charge on any atom is -0.444 e. The molecule has 0 aliphatic heterocycles. The van der Waals surface area contributed by atoms with Gasteiger partial charge in [0.15, 0.2) is 0 Å². The van der Waals surface area contributed by atoms with E-state index in [2.05, 4.69) is 10.6 Å². The van der Waals surface area contributed by atoms with Crippen LogP contribution in [0.1, 0.15) is 46.5 Å². The maximum absolute atomic E-state index is 11.4. The van der Waals surface area contributed by atoms with Crippen molar-refractivity contribution in [3.8, 4) is 0 Å². The Morgan fingerprint density at radius 3 is 2.68 bits per heavy atom. The summed E-state index contributed by atoms with van der Waals surface area (Å²) < 4.78 is 5.17. The van der Waals surface area contributed by atoms with Crippen molar-refractivity contribution in [3.05, 3.63) is 0 Å². The summed E-state index contributed by atoms with van der Waals surface area (Å²) in [4.78, 5) is 11.4. The van der Waals surface area contributed by atoms with Gasteiger partial charge in [0.2, 0.25) is 0 Å². The van der Waals surface area contributed by atoms with Crippen LogP contribution in [0, 0.1) is 5.92 Å². The molecule has 0 heterocycles. The number of carbonyl (C=O) groups is 1. The highest BCUT2D eigenvalue weighted by molar-refractivity contribution is 5.67. The van der Waals surface area contributed by atoms with Gasteiger partial charge in [-0.25, -0.2) is 4.79 Å². The van der Waals surface area contributed by atoms with E-state index < -0.39 is 5.60 Å². The Kier molecular flexibility index (Phi) is 6.58. The molecule has 5 nitrogen and oxygen atoms in total. The Morgan fingerprint density at radius 1 is 1.32 bits per heavy atom. The monoisotopic (exact) mass is 271 g/mol. The Balaban J connectivity index is 2.03. The van der Waals surface area contributed by atoms with E-state index in [1.54, 1.807) is 0 Å². The summed E-state index contributed by atoms with van der Waals surface area (Å²) in [5.74, 6) is 0.624. The van der Waals surface area contributed by atoms with Gasteiger partial charge in [-0.1, -0.05) is 6.42 Å². The van der Waals surface area contributed by atoms with Crippen molar-refractivity contribution >= 4 is 6.09 Å². The molecular formula is C14H29N3O2. The van der Waals surface area contributed by atoms with E-state index in [0.717, 1.165) is 19.5 Å². The first-order chi connectivity index (χ1) is 8.92. The Hall–Kier alpha value is -0.810. The second kappa shape index (κ2) is 7.70. The molecule has 0 aromatic heterocycles. The molecule has 112 valence electrons. The zero-order valence-electron chi connectivity index (χ0n) is 12.5. The van der Waals surface area contributed by atoms with Crippen molar-refractivity contribution < 1.29 is 9.53 Å². The molecule has 1 aliphatic rings. The van der Waals surface area contributed by atoms with Crippen molar-refractivity contribution in [3.63, 3.8) is 0 Å². The predicted octanol–water partition coefficient (Wildman–Crippen LogP) is 1.62. The number of hydrogen-bond acceptors (Lipinski definition) is 4. The molecule has 1 aliphatic carbocycles. The van der Waals surface area contributed by atoms with Crippen LogP contribution in [-0.2, 0) is 4.74 Å². The number of alkyl carbamates (subject to hydrolysis) is 1. The number of amides is 1. The standard InChI is InChI=1S/C14H29N3O2/c1-14(2,3)19-13(18)17-9-5-8-16-12-7-4-6-11(12)10-15/h11-12,16H,4-10,15H2,1-3H3,(H,17,18). The van der Waals surface area contributed by atoms with Gasteiger partial charge in [0.05, 0.1) is 0 Å². The second-order valence-electron chi connectivity index (χ2n) is 6.27. The molecule has 0 aromatic carbocycles. The van der Waals surface area contributed by atoms with Gasteiger partial charge in [0, 0.05) is 12.6 Å². The van der Waals surface area contributed by atoms with E-state index in [4.69, 9.17) is 10.5 Å². The molecule has 2 unspecified atom stereocenters. The van der Waals surface area contributed by atoms with Gasteiger partial charge in [-0.05, 0) is 59.0 Å². The number of ether oxygens (including phenoxy) is 1. The second-order valence-corrected chi connectivity index (χ2v) is 6.27. The van der Waals surface area contributed by atoms with E-state index in [-0.39, 0.29) is 6.09 Å². The van der Waals surface area contributed by atoms with E-state index in [1.165, 1.54) is 19.3 Å². The molecule has 1 amide bonds. The fraction of sp³-hybridized carbons (Fsp3) is 0.929. The summed E-state index contributed by atoms with van der Waals surface area (Å²) >= 11 is 0. The lowest BCUT2D eigenvalue weighted by Crippen LogP contribution is -2.38. The van der Waals surface area contributed by atoms with Crippen molar-refractivity contribution in [1.82, 2.24) is 10.6 Å². The summed E-state index contributed by atoms with van der Waals surface area (Å²) in [6.45, 7) is 7.91. The predicted molar refractivity (Wildman–Crippen MR) is 77.0 cm³/mol. The maximum Gasteiger partial charge on any atom is 0.407 e. The molecule has 0 spiro atoms. The maximum atomic E-state index is 11.4. The van der Waals surface area contributed by atoms with Crippen LogP contribution in [0.2, 0.25) is 0 Å².